The second kappa shape index (κ2) is 6.56. The van der Waals surface area contributed by atoms with Crippen molar-refractivity contribution in [2.75, 3.05) is 18.4 Å². The van der Waals surface area contributed by atoms with Gasteiger partial charge in [-0.3, -0.25) is 18.5 Å². The molecule has 25 heavy (non-hydrogen) atoms. The molecule has 1 aromatic carbocycles. The van der Waals surface area contributed by atoms with Crippen LogP contribution in [-0.2, 0) is 20.6 Å². The Morgan fingerprint density at radius 2 is 1.80 bits per heavy atom. The highest BCUT2D eigenvalue weighted by Crippen LogP contribution is 2.18. The number of imidazole rings is 1. The maximum absolute atomic E-state index is 12.7. The van der Waals surface area contributed by atoms with Crippen molar-refractivity contribution in [1.82, 2.24) is 18.7 Å². The molecule has 3 rings (SSSR count). The van der Waals surface area contributed by atoms with Gasteiger partial charge in [0.05, 0.1) is 6.54 Å². The molecule has 0 atom stereocenters. The zero-order valence-electron chi connectivity index (χ0n) is 14.6. The fourth-order valence-corrected chi connectivity index (χ4v) is 2.80. The van der Waals surface area contributed by atoms with Crippen molar-refractivity contribution in [2.45, 2.75) is 13.5 Å². The summed E-state index contributed by atoms with van der Waals surface area (Å²) in [5, 5.41) is 3.14. The lowest BCUT2D eigenvalue weighted by molar-refractivity contribution is 0.702. The number of aromatic nitrogens is 4. The highest BCUT2D eigenvalue weighted by Gasteiger charge is 2.19. The number of anilines is 1. The Bertz CT molecular complexity index is 1030. The number of benzene rings is 1. The predicted molar refractivity (Wildman–Crippen MR) is 98.0 cm³/mol. The molecule has 0 radical (unpaired) electrons. The van der Waals surface area contributed by atoms with E-state index in [0.29, 0.717) is 36.7 Å². The van der Waals surface area contributed by atoms with Gasteiger partial charge in [-0.2, -0.15) is 4.98 Å². The Kier molecular flexibility index (Phi) is 4.45. The number of rotatable bonds is 5. The lowest BCUT2D eigenvalue weighted by Crippen LogP contribution is -2.37. The zero-order valence-corrected chi connectivity index (χ0v) is 14.6. The van der Waals surface area contributed by atoms with E-state index in [4.69, 9.17) is 5.73 Å². The SMILES string of the molecule is Cc1ccc(Cn2c(NCCN)nc3c2c(=O)n(C)c(=O)n3C)cc1. The number of nitrogens with one attached hydrogen (secondary N) is 1. The molecule has 0 aliphatic heterocycles. The summed E-state index contributed by atoms with van der Waals surface area (Å²) in [5.74, 6) is 0.527. The molecular weight excluding hydrogens is 320 g/mol. The normalized spacial score (nSPS) is 11.2. The molecule has 2 heterocycles. The summed E-state index contributed by atoms with van der Waals surface area (Å²) in [4.78, 5) is 29.3. The first kappa shape index (κ1) is 17.0. The Hall–Kier alpha value is -2.87. The van der Waals surface area contributed by atoms with Crippen molar-refractivity contribution in [2.24, 2.45) is 19.8 Å². The van der Waals surface area contributed by atoms with Crippen LogP contribution >= 0.6 is 0 Å². The van der Waals surface area contributed by atoms with E-state index >= 15 is 0 Å². The number of fused-ring (bicyclic) bond motifs is 1. The number of aryl methyl sites for hydroxylation is 2. The van der Waals surface area contributed by atoms with Crippen LogP contribution in [0.4, 0.5) is 5.95 Å². The summed E-state index contributed by atoms with van der Waals surface area (Å²) in [5.41, 5.74) is 7.77. The van der Waals surface area contributed by atoms with Gasteiger partial charge >= 0.3 is 5.69 Å². The Balaban J connectivity index is 2.24. The number of nitrogens with zero attached hydrogens (tertiary/aromatic N) is 4. The summed E-state index contributed by atoms with van der Waals surface area (Å²) >= 11 is 0. The van der Waals surface area contributed by atoms with Crippen molar-refractivity contribution in [3.63, 3.8) is 0 Å². The largest absolute Gasteiger partial charge is 0.354 e. The van der Waals surface area contributed by atoms with E-state index < -0.39 is 5.69 Å². The van der Waals surface area contributed by atoms with Gasteiger partial charge in [0.15, 0.2) is 11.2 Å². The molecule has 8 heteroatoms. The maximum atomic E-state index is 12.7. The van der Waals surface area contributed by atoms with Crippen molar-refractivity contribution in [3.05, 3.63) is 56.2 Å². The molecule has 0 spiro atoms. The number of hydrogen-bond acceptors (Lipinski definition) is 5. The monoisotopic (exact) mass is 342 g/mol. The topological polar surface area (TPSA) is 99.9 Å². The third kappa shape index (κ3) is 2.96. The quantitative estimate of drug-likeness (QED) is 0.688. The molecule has 3 N–H and O–H groups in total. The van der Waals surface area contributed by atoms with Crippen LogP contribution in [0.5, 0.6) is 0 Å². The van der Waals surface area contributed by atoms with Crippen LogP contribution in [0.3, 0.4) is 0 Å². The summed E-state index contributed by atoms with van der Waals surface area (Å²) in [6.07, 6.45) is 0. The minimum atomic E-state index is -0.400. The molecule has 2 aromatic heterocycles. The van der Waals surface area contributed by atoms with Crippen molar-refractivity contribution >= 4 is 17.1 Å². The average Bonchev–Trinajstić information content (AvgIpc) is 2.96. The van der Waals surface area contributed by atoms with E-state index in [1.807, 2.05) is 31.2 Å². The van der Waals surface area contributed by atoms with Crippen molar-refractivity contribution in [1.29, 1.82) is 0 Å². The van der Waals surface area contributed by atoms with E-state index in [9.17, 15) is 9.59 Å². The summed E-state index contributed by atoms with van der Waals surface area (Å²) in [6.45, 7) is 3.45. The minimum absolute atomic E-state index is 0.361. The van der Waals surface area contributed by atoms with Gasteiger partial charge in [-0.1, -0.05) is 29.8 Å². The molecule has 3 aromatic rings. The molecule has 0 aliphatic carbocycles. The molecule has 0 saturated carbocycles. The van der Waals surface area contributed by atoms with E-state index in [1.165, 1.54) is 17.2 Å². The molecule has 0 saturated heterocycles. The van der Waals surface area contributed by atoms with Gasteiger partial charge in [-0.05, 0) is 12.5 Å². The maximum Gasteiger partial charge on any atom is 0.332 e. The van der Waals surface area contributed by atoms with Gasteiger partial charge in [0.25, 0.3) is 5.56 Å². The Labute approximate surface area is 144 Å². The second-order valence-corrected chi connectivity index (χ2v) is 6.10. The molecular formula is C17H22N6O2. The van der Waals surface area contributed by atoms with Crippen LogP contribution in [0.25, 0.3) is 11.2 Å². The van der Waals surface area contributed by atoms with Gasteiger partial charge in [0.1, 0.15) is 0 Å². The highest BCUT2D eigenvalue weighted by molar-refractivity contribution is 5.74. The first-order chi connectivity index (χ1) is 11.9. The van der Waals surface area contributed by atoms with Crippen LogP contribution in [0, 0.1) is 6.92 Å². The standard InChI is InChI=1S/C17H22N6O2/c1-11-4-6-12(7-5-11)10-23-13-14(20-16(23)19-9-8-18)21(2)17(25)22(3)15(13)24/h4-7H,8-10,18H2,1-3H3,(H,19,20). The van der Waals surface area contributed by atoms with E-state index in [2.05, 4.69) is 10.3 Å². The Morgan fingerprint density at radius 3 is 2.44 bits per heavy atom. The molecule has 0 fully saturated rings. The molecule has 0 aliphatic rings. The predicted octanol–water partition coefficient (Wildman–Crippen LogP) is 0.161. The van der Waals surface area contributed by atoms with Gasteiger partial charge < -0.3 is 11.1 Å². The third-order valence-corrected chi connectivity index (χ3v) is 4.24. The van der Waals surface area contributed by atoms with Crippen LogP contribution in [-0.4, -0.2) is 31.8 Å². The zero-order chi connectivity index (χ0) is 18.1. The minimum Gasteiger partial charge on any atom is -0.354 e. The van der Waals surface area contributed by atoms with Gasteiger partial charge in [-0.15, -0.1) is 0 Å². The summed E-state index contributed by atoms with van der Waals surface area (Å²) < 4.78 is 4.29. The molecule has 0 unspecified atom stereocenters. The lowest BCUT2D eigenvalue weighted by atomic mass is 10.1. The van der Waals surface area contributed by atoms with E-state index in [0.717, 1.165) is 10.1 Å². The summed E-state index contributed by atoms with van der Waals surface area (Å²) in [6, 6.07) is 8.07. The van der Waals surface area contributed by atoms with Gasteiger partial charge in [-0.25, -0.2) is 4.79 Å². The van der Waals surface area contributed by atoms with Crippen molar-refractivity contribution in [3.8, 4) is 0 Å². The number of hydrogen-bond donors (Lipinski definition) is 2. The third-order valence-electron chi connectivity index (χ3n) is 4.24. The molecule has 0 amide bonds. The van der Waals surface area contributed by atoms with Crippen molar-refractivity contribution < 1.29 is 0 Å². The van der Waals surface area contributed by atoms with Crippen LogP contribution in [0.15, 0.2) is 33.9 Å². The van der Waals surface area contributed by atoms with Gasteiger partial charge in [0, 0.05) is 27.2 Å². The molecule has 0 bridgehead atoms. The van der Waals surface area contributed by atoms with E-state index in [1.54, 1.807) is 11.6 Å². The molecule has 8 nitrogen and oxygen atoms in total. The van der Waals surface area contributed by atoms with E-state index in [-0.39, 0.29) is 5.56 Å². The Morgan fingerprint density at radius 1 is 1.12 bits per heavy atom. The average molecular weight is 342 g/mol. The van der Waals surface area contributed by atoms with Crippen LogP contribution < -0.4 is 22.3 Å². The molecule has 132 valence electrons. The van der Waals surface area contributed by atoms with Crippen LogP contribution in [0.2, 0.25) is 0 Å². The van der Waals surface area contributed by atoms with Gasteiger partial charge in [0.2, 0.25) is 5.95 Å². The fraction of sp³-hybridized carbons (Fsp3) is 0.353. The van der Waals surface area contributed by atoms with Crippen LogP contribution in [0.1, 0.15) is 11.1 Å². The highest BCUT2D eigenvalue weighted by atomic mass is 16.2. The first-order valence-corrected chi connectivity index (χ1v) is 8.09. The summed E-state index contributed by atoms with van der Waals surface area (Å²) in [7, 11) is 3.08. The number of nitrogens with two attached hydrogens (primary N) is 1. The lowest BCUT2D eigenvalue weighted by Gasteiger charge is -2.11. The first-order valence-electron chi connectivity index (χ1n) is 8.09. The smallest absolute Gasteiger partial charge is 0.332 e. The fourth-order valence-electron chi connectivity index (χ4n) is 2.80. The second-order valence-electron chi connectivity index (χ2n) is 6.10.